The highest BCUT2D eigenvalue weighted by Crippen LogP contribution is 2.29. The Labute approximate surface area is 133 Å². The zero-order valence-corrected chi connectivity index (χ0v) is 14.1. The first-order valence-corrected chi connectivity index (χ1v) is 7.29. The maximum absolute atomic E-state index is 5.36. The van der Waals surface area contributed by atoms with Crippen LogP contribution in [0.2, 0.25) is 0 Å². The van der Waals surface area contributed by atoms with Crippen molar-refractivity contribution in [2.45, 2.75) is 33.3 Å². The molecule has 1 N–H and O–H groups in total. The standard InChI is InChI=1S/C15H20N6O2/c1-8-12(9(2)21(5)19-8)10-7-11(18-17-10)13-16-14(20-23-13)15(3,4)22-6/h7H,1-6H3,(H,17,18). The average molecular weight is 316 g/mol. The van der Waals surface area contributed by atoms with Crippen LogP contribution >= 0.6 is 0 Å². The number of ether oxygens (including phenoxy) is 1. The number of hydrogen-bond acceptors (Lipinski definition) is 6. The molecule has 0 amide bonds. The summed E-state index contributed by atoms with van der Waals surface area (Å²) in [6.07, 6.45) is 0. The molecular formula is C15H20N6O2. The number of nitrogens with one attached hydrogen (secondary N) is 1. The van der Waals surface area contributed by atoms with E-state index in [1.165, 1.54) is 0 Å². The molecule has 0 fully saturated rings. The predicted molar refractivity (Wildman–Crippen MR) is 83.6 cm³/mol. The van der Waals surface area contributed by atoms with Crippen LogP contribution in [-0.2, 0) is 17.4 Å². The minimum Gasteiger partial charge on any atom is -0.371 e. The lowest BCUT2D eigenvalue weighted by Gasteiger charge is -2.17. The summed E-state index contributed by atoms with van der Waals surface area (Å²) < 4.78 is 12.5. The van der Waals surface area contributed by atoms with Gasteiger partial charge in [0.05, 0.1) is 11.4 Å². The lowest BCUT2D eigenvalue weighted by Crippen LogP contribution is -2.21. The van der Waals surface area contributed by atoms with Gasteiger partial charge in [-0.1, -0.05) is 5.16 Å². The molecule has 0 aliphatic heterocycles. The molecule has 122 valence electrons. The summed E-state index contributed by atoms with van der Waals surface area (Å²) in [7, 11) is 3.52. The Morgan fingerprint density at radius 2 is 2.04 bits per heavy atom. The summed E-state index contributed by atoms with van der Waals surface area (Å²) in [5.74, 6) is 0.864. The van der Waals surface area contributed by atoms with Crippen molar-refractivity contribution >= 4 is 0 Å². The number of aromatic nitrogens is 6. The van der Waals surface area contributed by atoms with Gasteiger partial charge in [0, 0.05) is 25.4 Å². The third kappa shape index (κ3) is 2.55. The van der Waals surface area contributed by atoms with Crippen molar-refractivity contribution in [3.8, 4) is 22.8 Å². The Morgan fingerprint density at radius 1 is 1.30 bits per heavy atom. The van der Waals surface area contributed by atoms with Crippen molar-refractivity contribution in [1.82, 2.24) is 30.1 Å². The van der Waals surface area contributed by atoms with Gasteiger partial charge < -0.3 is 9.26 Å². The quantitative estimate of drug-likeness (QED) is 0.794. The molecule has 0 radical (unpaired) electrons. The maximum atomic E-state index is 5.36. The summed E-state index contributed by atoms with van der Waals surface area (Å²) in [4.78, 5) is 4.39. The van der Waals surface area contributed by atoms with Gasteiger partial charge in [0.15, 0.2) is 0 Å². The van der Waals surface area contributed by atoms with Crippen LogP contribution in [0.3, 0.4) is 0 Å². The number of aryl methyl sites for hydroxylation is 2. The molecular weight excluding hydrogens is 296 g/mol. The van der Waals surface area contributed by atoms with Gasteiger partial charge in [-0.25, -0.2) is 0 Å². The average Bonchev–Trinajstić information content (AvgIpc) is 3.19. The zero-order valence-electron chi connectivity index (χ0n) is 14.1. The molecule has 0 saturated carbocycles. The Kier molecular flexibility index (Phi) is 3.56. The van der Waals surface area contributed by atoms with Crippen LogP contribution in [0.4, 0.5) is 0 Å². The monoisotopic (exact) mass is 316 g/mol. The van der Waals surface area contributed by atoms with Crippen molar-refractivity contribution in [3.63, 3.8) is 0 Å². The molecule has 3 aromatic rings. The molecule has 0 unspecified atom stereocenters. The highest BCUT2D eigenvalue weighted by molar-refractivity contribution is 5.68. The molecule has 0 saturated heterocycles. The van der Waals surface area contributed by atoms with Crippen LogP contribution in [0.15, 0.2) is 10.6 Å². The van der Waals surface area contributed by atoms with Gasteiger partial charge in [0.1, 0.15) is 11.3 Å². The summed E-state index contributed by atoms with van der Waals surface area (Å²) in [5, 5.41) is 15.7. The van der Waals surface area contributed by atoms with Crippen LogP contribution in [-0.4, -0.2) is 37.2 Å². The number of methoxy groups -OCH3 is 1. The van der Waals surface area contributed by atoms with E-state index in [0.29, 0.717) is 17.4 Å². The van der Waals surface area contributed by atoms with Crippen molar-refractivity contribution < 1.29 is 9.26 Å². The lowest BCUT2D eigenvalue weighted by molar-refractivity contribution is 0.00973. The van der Waals surface area contributed by atoms with E-state index in [0.717, 1.165) is 22.6 Å². The summed E-state index contributed by atoms with van der Waals surface area (Å²) in [6.45, 7) is 7.73. The molecule has 8 nitrogen and oxygen atoms in total. The van der Waals surface area contributed by atoms with E-state index in [9.17, 15) is 0 Å². The number of aromatic amines is 1. The Bertz CT molecular complexity index is 842. The molecule has 8 heteroatoms. The normalized spacial score (nSPS) is 12.1. The molecule has 3 aromatic heterocycles. The van der Waals surface area contributed by atoms with Crippen molar-refractivity contribution in [2.24, 2.45) is 7.05 Å². The first-order valence-electron chi connectivity index (χ1n) is 7.29. The van der Waals surface area contributed by atoms with Crippen LogP contribution in [0.5, 0.6) is 0 Å². The summed E-state index contributed by atoms with van der Waals surface area (Å²) in [5.41, 5.74) is 3.83. The minimum absolute atomic E-state index is 0.378. The Balaban J connectivity index is 1.97. The van der Waals surface area contributed by atoms with Gasteiger partial charge in [0.25, 0.3) is 5.89 Å². The number of hydrogen-bond donors (Lipinski definition) is 1. The van der Waals surface area contributed by atoms with Crippen LogP contribution < -0.4 is 0 Å². The fraction of sp³-hybridized carbons (Fsp3) is 0.467. The largest absolute Gasteiger partial charge is 0.371 e. The summed E-state index contributed by atoms with van der Waals surface area (Å²) in [6, 6.07) is 1.88. The first-order chi connectivity index (χ1) is 10.8. The molecule has 23 heavy (non-hydrogen) atoms. The maximum Gasteiger partial charge on any atom is 0.276 e. The molecule has 3 rings (SSSR count). The highest BCUT2D eigenvalue weighted by Gasteiger charge is 2.27. The summed E-state index contributed by atoms with van der Waals surface area (Å²) >= 11 is 0. The van der Waals surface area contributed by atoms with E-state index < -0.39 is 5.60 Å². The number of H-pyrrole nitrogens is 1. The van der Waals surface area contributed by atoms with Gasteiger partial charge in [-0.05, 0) is 33.8 Å². The molecule has 0 spiro atoms. The van der Waals surface area contributed by atoms with E-state index in [-0.39, 0.29) is 0 Å². The smallest absolute Gasteiger partial charge is 0.276 e. The van der Waals surface area contributed by atoms with Gasteiger partial charge in [0.2, 0.25) is 5.82 Å². The van der Waals surface area contributed by atoms with Crippen molar-refractivity contribution in [1.29, 1.82) is 0 Å². The van der Waals surface area contributed by atoms with Gasteiger partial charge >= 0.3 is 0 Å². The highest BCUT2D eigenvalue weighted by atomic mass is 16.5. The zero-order chi connectivity index (χ0) is 16.8. The van der Waals surface area contributed by atoms with Crippen molar-refractivity contribution in [2.75, 3.05) is 7.11 Å². The Morgan fingerprint density at radius 3 is 2.65 bits per heavy atom. The second-order valence-electron chi connectivity index (χ2n) is 5.97. The Hall–Kier alpha value is -2.48. The van der Waals surface area contributed by atoms with Crippen LogP contribution in [0.1, 0.15) is 31.1 Å². The molecule has 0 aliphatic carbocycles. The predicted octanol–water partition coefficient (Wildman–Crippen LogP) is 2.36. The van der Waals surface area contributed by atoms with Crippen molar-refractivity contribution in [3.05, 3.63) is 23.3 Å². The second kappa shape index (κ2) is 5.31. The van der Waals surface area contributed by atoms with E-state index in [1.54, 1.807) is 7.11 Å². The molecule has 0 aliphatic rings. The van der Waals surface area contributed by atoms with E-state index in [4.69, 9.17) is 9.26 Å². The minimum atomic E-state index is -0.610. The fourth-order valence-corrected chi connectivity index (χ4v) is 2.37. The van der Waals surface area contributed by atoms with E-state index in [2.05, 4.69) is 25.4 Å². The van der Waals surface area contributed by atoms with Crippen LogP contribution in [0, 0.1) is 13.8 Å². The molecule has 0 atom stereocenters. The SMILES string of the molecule is COC(C)(C)c1noc(-c2cc(-c3c(C)nn(C)c3C)n[nH]2)n1. The topological polar surface area (TPSA) is 94.6 Å². The fourth-order valence-electron chi connectivity index (χ4n) is 2.37. The third-order valence-electron chi connectivity index (χ3n) is 4.05. The second-order valence-corrected chi connectivity index (χ2v) is 5.97. The van der Waals surface area contributed by atoms with Gasteiger partial charge in [-0.15, -0.1) is 0 Å². The molecule has 0 bridgehead atoms. The number of rotatable bonds is 4. The molecule has 0 aromatic carbocycles. The molecule has 3 heterocycles. The van der Waals surface area contributed by atoms with E-state index in [1.807, 2.05) is 45.5 Å². The van der Waals surface area contributed by atoms with Crippen LogP contribution in [0.25, 0.3) is 22.8 Å². The van der Waals surface area contributed by atoms with Gasteiger partial charge in [-0.3, -0.25) is 9.78 Å². The first kappa shape index (κ1) is 15.4. The van der Waals surface area contributed by atoms with Gasteiger partial charge in [-0.2, -0.15) is 15.2 Å². The lowest BCUT2D eigenvalue weighted by atomic mass is 10.1. The third-order valence-corrected chi connectivity index (χ3v) is 4.05. The van der Waals surface area contributed by atoms with E-state index >= 15 is 0 Å². The number of nitrogens with zero attached hydrogens (tertiary/aromatic N) is 5.